The fourth-order valence-electron chi connectivity index (χ4n) is 3.95. The highest BCUT2D eigenvalue weighted by atomic mass is 32.1. The molecule has 31 heavy (non-hydrogen) atoms. The Morgan fingerprint density at radius 2 is 1.65 bits per heavy atom. The van der Waals surface area contributed by atoms with Gasteiger partial charge in [-0.15, -0.1) is 0 Å². The van der Waals surface area contributed by atoms with E-state index in [1.165, 1.54) is 18.1 Å². The van der Waals surface area contributed by atoms with E-state index in [1.807, 2.05) is 24.3 Å². The molecule has 3 N–H and O–H groups in total. The molecule has 164 valence electrons. The van der Waals surface area contributed by atoms with Crippen molar-refractivity contribution in [1.82, 2.24) is 10.6 Å². The number of ether oxygens (including phenoxy) is 1. The number of nitrogens with one attached hydrogen (secondary N) is 2. The van der Waals surface area contributed by atoms with Crippen LogP contribution in [0.5, 0.6) is 0 Å². The number of thiocarbonyl (C=S) groups is 1. The number of aliphatic hydroxyl groups excluding tert-OH is 1. The average molecular weight is 441 g/mol. The third kappa shape index (κ3) is 6.04. The highest BCUT2D eigenvalue weighted by Gasteiger charge is 2.29. The first-order valence-electron chi connectivity index (χ1n) is 10.6. The molecule has 1 atom stereocenters. The number of carbonyl (C=O) groups excluding carboxylic acids is 2. The highest BCUT2D eigenvalue weighted by molar-refractivity contribution is 7.80. The molecular formula is C24H28N2O4S. The van der Waals surface area contributed by atoms with Gasteiger partial charge in [-0.3, -0.25) is 4.79 Å². The van der Waals surface area contributed by atoms with Crippen molar-refractivity contribution in [2.45, 2.75) is 44.6 Å². The molecule has 0 bridgehead atoms. The summed E-state index contributed by atoms with van der Waals surface area (Å²) in [5.41, 5.74) is 4.62. The van der Waals surface area contributed by atoms with Crippen LogP contribution in [0, 0.1) is 0 Å². The summed E-state index contributed by atoms with van der Waals surface area (Å²) in [5, 5.41) is 14.9. The van der Waals surface area contributed by atoms with Crippen LogP contribution < -0.4 is 10.6 Å². The van der Waals surface area contributed by atoms with Crippen molar-refractivity contribution >= 4 is 29.3 Å². The number of amides is 2. The predicted molar refractivity (Wildman–Crippen MR) is 124 cm³/mol. The van der Waals surface area contributed by atoms with Gasteiger partial charge in [-0.05, 0) is 47.3 Å². The van der Waals surface area contributed by atoms with Gasteiger partial charge in [0.25, 0.3) is 0 Å². The van der Waals surface area contributed by atoms with Gasteiger partial charge in [0.05, 0.1) is 0 Å². The maximum absolute atomic E-state index is 12.4. The number of benzene rings is 2. The molecule has 0 fully saturated rings. The van der Waals surface area contributed by atoms with Crippen molar-refractivity contribution in [2.75, 3.05) is 13.2 Å². The van der Waals surface area contributed by atoms with Gasteiger partial charge in [0.15, 0.2) is 5.05 Å². The van der Waals surface area contributed by atoms with Crippen LogP contribution in [0.3, 0.4) is 0 Å². The van der Waals surface area contributed by atoms with Gasteiger partial charge in [-0.1, -0.05) is 61.4 Å². The van der Waals surface area contributed by atoms with Crippen LogP contribution in [0.1, 0.15) is 49.7 Å². The minimum absolute atomic E-state index is 0.0218. The van der Waals surface area contributed by atoms with Crippen molar-refractivity contribution in [1.29, 1.82) is 0 Å². The Hall–Kier alpha value is -2.93. The molecule has 0 radical (unpaired) electrons. The lowest BCUT2D eigenvalue weighted by Gasteiger charge is -2.18. The molecule has 6 nitrogen and oxygen atoms in total. The van der Waals surface area contributed by atoms with Gasteiger partial charge in [0.1, 0.15) is 12.6 Å². The van der Waals surface area contributed by atoms with Crippen LogP contribution in [0.4, 0.5) is 4.79 Å². The normalized spacial score (nSPS) is 13.1. The van der Waals surface area contributed by atoms with Crippen molar-refractivity contribution in [3.05, 3.63) is 59.7 Å². The van der Waals surface area contributed by atoms with Gasteiger partial charge in [-0.2, -0.15) is 0 Å². The first-order valence-corrected chi connectivity index (χ1v) is 11.0. The molecule has 0 aliphatic heterocycles. The molecule has 7 heteroatoms. The van der Waals surface area contributed by atoms with Gasteiger partial charge in [0, 0.05) is 19.4 Å². The smallest absolute Gasteiger partial charge is 0.407 e. The lowest BCUT2D eigenvalue weighted by molar-refractivity contribution is -0.118. The highest BCUT2D eigenvalue weighted by Crippen LogP contribution is 2.44. The summed E-state index contributed by atoms with van der Waals surface area (Å²) in [6.45, 7) is 2.31. The second-order valence-corrected chi connectivity index (χ2v) is 8.11. The predicted octanol–water partition coefficient (Wildman–Crippen LogP) is 4.48. The van der Waals surface area contributed by atoms with Gasteiger partial charge >= 0.3 is 6.09 Å². The quantitative estimate of drug-likeness (QED) is 0.375. The molecule has 2 aromatic carbocycles. The lowest BCUT2D eigenvalue weighted by Crippen LogP contribution is -2.40. The van der Waals surface area contributed by atoms with E-state index in [0.29, 0.717) is 13.0 Å². The van der Waals surface area contributed by atoms with Crippen LogP contribution in [-0.2, 0) is 9.53 Å². The van der Waals surface area contributed by atoms with E-state index >= 15 is 0 Å². The number of hydrogen-bond donors (Lipinski definition) is 3. The number of hydrogen-bond acceptors (Lipinski definition) is 4. The second-order valence-electron chi connectivity index (χ2n) is 7.69. The van der Waals surface area contributed by atoms with Crippen LogP contribution in [0.2, 0.25) is 0 Å². The summed E-state index contributed by atoms with van der Waals surface area (Å²) in [4.78, 5) is 23.3. The fourth-order valence-corrected chi connectivity index (χ4v) is 4.13. The molecule has 1 aliphatic carbocycles. The first-order chi connectivity index (χ1) is 15.0. The summed E-state index contributed by atoms with van der Waals surface area (Å²) >= 11 is 4.89. The number of rotatable bonds is 10. The van der Waals surface area contributed by atoms with Crippen molar-refractivity contribution in [3.8, 4) is 11.1 Å². The Morgan fingerprint density at radius 3 is 2.23 bits per heavy atom. The Labute approximate surface area is 188 Å². The van der Waals surface area contributed by atoms with E-state index in [-0.39, 0.29) is 23.5 Å². The van der Waals surface area contributed by atoms with Crippen LogP contribution >= 0.6 is 12.2 Å². The van der Waals surface area contributed by atoms with Gasteiger partial charge in [-0.25, -0.2) is 4.79 Å². The maximum Gasteiger partial charge on any atom is 0.407 e. The Morgan fingerprint density at radius 1 is 1.03 bits per heavy atom. The minimum atomic E-state index is -0.633. The monoisotopic (exact) mass is 440 g/mol. The van der Waals surface area contributed by atoms with E-state index in [0.717, 1.165) is 30.4 Å². The molecule has 0 saturated heterocycles. The van der Waals surface area contributed by atoms with E-state index in [1.54, 1.807) is 0 Å². The zero-order valence-corrected chi connectivity index (χ0v) is 18.4. The van der Waals surface area contributed by atoms with E-state index in [4.69, 9.17) is 17.0 Å². The number of alkyl carbamates (subject to hydrolysis) is 1. The molecule has 0 spiro atoms. The van der Waals surface area contributed by atoms with Crippen LogP contribution in [0.25, 0.3) is 11.1 Å². The average Bonchev–Trinajstić information content (AvgIpc) is 3.07. The third-order valence-corrected chi connectivity index (χ3v) is 5.76. The Kier molecular flexibility index (Phi) is 8.00. The number of aliphatic hydroxyl groups is 1. The Balaban J connectivity index is 1.50. The topological polar surface area (TPSA) is 87.7 Å². The molecule has 0 aromatic heterocycles. The van der Waals surface area contributed by atoms with E-state index in [9.17, 15) is 14.7 Å². The molecule has 0 saturated carbocycles. The van der Waals surface area contributed by atoms with E-state index < -0.39 is 12.1 Å². The van der Waals surface area contributed by atoms with Crippen LogP contribution in [0.15, 0.2) is 48.5 Å². The number of unbranched alkanes of at least 4 members (excludes halogenated alkanes) is 2. The van der Waals surface area contributed by atoms with Gasteiger partial charge < -0.3 is 20.5 Å². The molecule has 2 amide bonds. The lowest BCUT2D eigenvalue weighted by atomic mass is 9.98. The molecule has 1 aliphatic rings. The summed E-state index contributed by atoms with van der Waals surface area (Å²) in [5.74, 6) is -0.0715. The van der Waals surface area contributed by atoms with Crippen molar-refractivity contribution < 1.29 is 19.4 Å². The first kappa shape index (κ1) is 22.7. The molecule has 3 rings (SSSR count). The Bertz CT molecular complexity index is 901. The summed E-state index contributed by atoms with van der Waals surface area (Å²) in [6.07, 6.45) is 2.36. The number of carbonyl (C=O) groups is 2. The van der Waals surface area contributed by atoms with E-state index in [2.05, 4.69) is 34.9 Å². The zero-order chi connectivity index (χ0) is 22.2. The number of fused-ring (bicyclic) bond motifs is 3. The standard InChI is InChI=1S/C24H28N2O4S/c1-16(27)25-14-8-2-3-13-22(23(28)31)26-24(29)30-15-21-19-11-6-4-9-17(19)18-10-5-7-12-20(18)21/h4-7,9-12,21-22H,2-3,8,13-15H2,1H3,(H,25,27)(H,26,29)(H,28,31)/t22-/m0/s1. The minimum Gasteiger partial charge on any atom is -0.500 e. The fraction of sp³-hybridized carbons (Fsp3) is 0.375. The maximum atomic E-state index is 12.4. The zero-order valence-electron chi connectivity index (χ0n) is 17.6. The van der Waals surface area contributed by atoms with Crippen molar-refractivity contribution in [2.24, 2.45) is 0 Å². The molecule has 0 heterocycles. The molecular weight excluding hydrogens is 412 g/mol. The summed E-state index contributed by atoms with van der Waals surface area (Å²) in [7, 11) is 0. The van der Waals surface area contributed by atoms with Crippen molar-refractivity contribution in [3.63, 3.8) is 0 Å². The second kappa shape index (κ2) is 10.9. The molecule has 0 unspecified atom stereocenters. The largest absolute Gasteiger partial charge is 0.500 e. The van der Waals surface area contributed by atoms with Crippen LogP contribution in [-0.4, -0.2) is 41.4 Å². The van der Waals surface area contributed by atoms with Gasteiger partial charge in [0.2, 0.25) is 5.91 Å². The third-order valence-electron chi connectivity index (χ3n) is 5.48. The summed E-state index contributed by atoms with van der Waals surface area (Å²) in [6, 6.07) is 15.7. The SMILES string of the molecule is CC(=O)NCCCCC[C@H](NC(=O)OCC1c2ccccc2-c2ccccc21)C(O)=S. The summed E-state index contributed by atoms with van der Waals surface area (Å²) < 4.78 is 5.52. The molecule has 2 aromatic rings.